The van der Waals surface area contributed by atoms with E-state index in [1.165, 1.54) is 12.1 Å². The van der Waals surface area contributed by atoms with Gasteiger partial charge in [-0.3, -0.25) is 9.59 Å². The Balaban J connectivity index is 1.89. The highest BCUT2D eigenvalue weighted by atomic mass is 32.2. The van der Waals surface area contributed by atoms with Crippen molar-refractivity contribution in [2.45, 2.75) is 12.5 Å². The van der Waals surface area contributed by atoms with Crippen LogP contribution in [0.15, 0.2) is 24.3 Å². The van der Waals surface area contributed by atoms with E-state index in [1.54, 1.807) is 12.1 Å². The van der Waals surface area contributed by atoms with Crippen molar-refractivity contribution in [1.82, 2.24) is 5.32 Å². The lowest BCUT2D eigenvalue weighted by Crippen LogP contribution is -2.38. The van der Waals surface area contributed by atoms with Crippen LogP contribution >= 0.6 is 0 Å². The maximum Gasteiger partial charge on any atom is 0.258 e. The largest absolute Gasteiger partial charge is 0.483 e. The Kier molecular flexibility index (Phi) is 4.46. The van der Waals surface area contributed by atoms with Gasteiger partial charge in [0.15, 0.2) is 16.4 Å². The van der Waals surface area contributed by atoms with Gasteiger partial charge in [-0.05, 0) is 18.6 Å². The highest BCUT2D eigenvalue weighted by molar-refractivity contribution is 7.91. The van der Waals surface area contributed by atoms with Gasteiger partial charge in [0.2, 0.25) is 0 Å². The summed E-state index contributed by atoms with van der Waals surface area (Å²) in [6.07, 6.45) is 0.409. The second-order valence-corrected chi connectivity index (χ2v) is 7.05. The first-order valence-electron chi connectivity index (χ1n) is 6.39. The zero-order valence-corrected chi connectivity index (χ0v) is 12.1. The van der Waals surface area contributed by atoms with Crippen LogP contribution in [0.1, 0.15) is 16.8 Å². The van der Waals surface area contributed by atoms with Crippen molar-refractivity contribution < 1.29 is 22.7 Å². The van der Waals surface area contributed by atoms with Crippen molar-refractivity contribution in [2.24, 2.45) is 5.73 Å². The fraction of sp³-hybridized carbons (Fsp3) is 0.385. The zero-order valence-electron chi connectivity index (χ0n) is 11.2. The summed E-state index contributed by atoms with van der Waals surface area (Å²) < 4.78 is 27.8. The number of nitrogens with one attached hydrogen (secondary N) is 1. The van der Waals surface area contributed by atoms with E-state index in [2.05, 4.69) is 5.32 Å². The van der Waals surface area contributed by atoms with Crippen LogP contribution < -0.4 is 15.8 Å². The molecule has 1 aromatic rings. The first kappa shape index (κ1) is 15.3. The topological polar surface area (TPSA) is 116 Å². The quantitative estimate of drug-likeness (QED) is 0.758. The number of amides is 2. The molecule has 0 bridgehead atoms. The summed E-state index contributed by atoms with van der Waals surface area (Å²) in [6, 6.07) is 5.95. The Morgan fingerprint density at radius 2 is 2.05 bits per heavy atom. The van der Waals surface area contributed by atoms with Crippen LogP contribution in [0.5, 0.6) is 5.75 Å². The molecule has 2 amide bonds. The van der Waals surface area contributed by atoms with Crippen LogP contribution in [-0.4, -0.2) is 44.4 Å². The molecule has 2 rings (SSSR count). The molecule has 0 radical (unpaired) electrons. The Labute approximate surface area is 122 Å². The molecule has 1 aliphatic heterocycles. The van der Waals surface area contributed by atoms with Crippen molar-refractivity contribution in [3.05, 3.63) is 29.8 Å². The third kappa shape index (κ3) is 4.19. The number of carbonyl (C=O) groups excluding carboxylic acids is 2. The van der Waals surface area contributed by atoms with Gasteiger partial charge in [-0.2, -0.15) is 0 Å². The Morgan fingerprint density at radius 3 is 2.67 bits per heavy atom. The number of hydrogen-bond donors (Lipinski definition) is 2. The molecule has 1 fully saturated rings. The van der Waals surface area contributed by atoms with Gasteiger partial charge in [0, 0.05) is 6.04 Å². The predicted octanol–water partition coefficient (Wildman–Crippen LogP) is -0.532. The fourth-order valence-corrected chi connectivity index (χ4v) is 3.79. The average Bonchev–Trinajstić information content (AvgIpc) is 2.75. The molecular formula is C13H16N2O5S. The number of rotatable bonds is 5. The van der Waals surface area contributed by atoms with Crippen LogP contribution in [0.25, 0.3) is 0 Å². The van der Waals surface area contributed by atoms with Gasteiger partial charge >= 0.3 is 0 Å². The van der Waals surface area contributed by atoms with Crippen molar-refractivity contribution in [2.75, 3.05) is 18.1 Å². The molecule has 0 saturated carbocycles. The first-order chi connectivity index (χ1) is 9.87. The molecule has 0 spiro atoms. The summed E-state index contributed by atoms with van der Waals surface area (Å²) in [7, 11) is -3.04. The van der Waals surface area contributed by atoms with Gasteiger partial charge in [0.05, 0.1) is 17.1 Å². The maximum atomic E-state index is 11.7. The fourth-order valence-electron chi connectivity index (χ4n) is 2.12. The number of para-hydroxylation sites is 1. The molecule has 21 heavy (non-hydrogen) atoms. The molecule has 1 aliphatic rings. The summed E-state index contributed by atoms with van der Waals surface area (Å²) in [5.41, 5.74) is 5.39. The summed E-state index contributed by atoms with van der Waals surface area (Å²) in [6.45, 7) is -0.305. The Morgan fingerprint density at radius 1 is 1.33 bits per heavy atom. The molecule has 114 valence electrons. The molecule has 1 saturated heterocycles. The zero-order chi connectivity index (χ0) is 15.5. The minimum absolute atomic E-state index is 0.0450. The van der Waals surface area contributed by atoms with E-state index in [-0.39, 0.29) is 35.5 Å². The van der Waals surface area contributed by atoms with E-state index in [0.29, 0.717) is 6.42 Å². The van der Waals surface area contributed by atoms with Crippen molar-refractivity contribution in [3.8, 4) is 5.75 Å². The standard InChI is InChI=1S/C13H16N2O5S/c14-13(17)10-3-1-2-4-11(10)20-7-12(16)15-9-5-6-21(18,19)8-9/h1-4,9H,5-8H2,(H2,14,17)(H,15,16). The molecule has 7 nitrogen and oxygen atoms in total. The van der Waals surface area contributed by atoms with Crippen LogP contribution in [0.2, 0.25) is 0 Å². The Hall–Kier alpha value is -2.09. The molecular weight excluding hydrogens is 296 g/mol. The number of carbonyl (C=O) groups is 2. The van der Waals surface area contributed by atoms with Gasteiger partial charge in [-0.25, -0.2) is 8.42 Å². The third-order valence-corrected chi connectivity index (χ3v) is 4.88. The number of sulfone groups is 1. The van der Waals surface area contributed by atoms with E-state index in [4.69, 9.17) is 10.5 Å². The van der Waals surface area contributed by atoms with E-state index >= 15 is 0 Å². The van der Waals surface area contributed by atoms with Gasteiger partial charge < -0.3 is 15.8 Å². The molecule has 1 unspecified atom stereocenters. The molecule has 3 N–H and O–H groups in total. The smallest absolute Gasteiger partial charge is 0.258 e. The number of benzene rings is 1. The lowest BCUT2D eigenvalue weighted by Gasteiger charge is -2.12. The number of primary amides is 1. The molecule has 0 aromatic heterocycles. The maximum absolute atomic E-state index is 11.7. The van der Waals surface area contributed by atoms with E-state index < -0.39 is 21.7 Å². The van der Waals surface area contributed by atoms with Crippen molar-refractivity contribution in [3.63, 3.8) is 0 Å². The minimum atomic E-state index is -3.04. The van der Waals surface area contributed by atoms with Crippen LogP contribution in [0.3, 0.4) is 0 Å². The Bertz CT molecular complexity index is 656. The number of hydrogen-bond acceptors (Lipinski definition) is 5. The molecule has 0 aliphatic carbocycles. The van der Waals surface area contributed by atoms with E-state index in [9.17, 15) is 18.0 Å². The highest BCUT2D eigenvalue weighted by Gasteiger charge is 2.28. The second-order valence-electron chi connectivity index (χ2n) is 4.82. The lowest BCUT2D eigenvalue weighted by molar-refractivity contribution is -0.123. The highest BCUT2D eigenvalue weighted by Crippen LogP contribution is 2.17. The minimum Gasteiger partial charge on any atom is -0.483 e. The number of ether oxygens (including phenoxy) is 1. The molecule has 1 atom stereocenters. The summed E-state index contributed by atoms with van der Waals surface area (Å²) >= 11 is 0. The van der Waals surface area contributed by atoms with E-state index in [0.717, 1.165) is 0 Å². The molecule has 1 aromatic carbocycles. The average molecular weight is 312 g/mol. The SMILES string of the molecule is NC(=O)c1ccccc1OCC(=O)NC1CCS(=O)(=O)C1. The summed E-state index contributed by atoms with van der Waals surface area (Å²) in [4.78, 5) is 22.9. The van der Waals surface area contributed by atoms with Gasteiger partial charge in [-0.1, -0.05) is 12.1 Å². The molecule has 1 heterocycles. The van der Waals surface area contributed by atoms with E-state index in [1.807, 2.05) is 0 Å². The first-order valence-corrected chi connectivity index (χ1v) is 8.21. The van der Waals surface area contributed by atoms with Crippen molar-refractivity contribution >= 4 is 21.7 Å². The second kappa shape index (κ2) is 6.13. The van der Waals surface area contributed by atoms with Crippen molar-refractivity contribution in [1.29, 1.82) is 0 Å². The van der Waals surface area contributed by atoms with Crippen LogP contribution in [0, 0.1) is 0 Å². The summed E-state index contributed by atoms with van der Waals surface area (Å²) in [5, 5.41) is 2.59. The van der Waals surface area contributed by atoms with Gasteiger partial charge in [0.1, 0.15) is 5.75 Å². The monoisotopic (exact) mass is 312 g/mol. The van der Waals surface area contributed by atoms with Gasteiger partial charge in [-0.15, -0.1) is 0 Å². The normalized spacial score (nSPS) is 19.9. The third-order valence-electron chi connectivity index (χ3n) is 3.11. The van der Waals surface area contributed by atoms with Gasteiger partial charge in [0.25, 0.3) is 11.8 Å². The van der Waals surface area contributed by atoms with Crippen LogP contribution in [-0.2, 0) is 14.6 Å². The molecule has 8 heteroatoms. The number of nitrogens with two attached hydrogens (primary N) is 1. The predicted molar refractivity (Wildman–Crippen MR) is 75.7 cm³/mol. The summed E-state index contributed by atoms with van der Waals surface area (Å²) in [5.74, 6) is -0.816. The van der Waals surface area contributed by atoms with Crippen LogP contribution in [0.4, 0.5) is 0 Å². The lowest BCUT2D eigenvalue weighted by atomic mass is 10.2.